The summed E-state index contributed by atoms with van der Waals surface area (Å²) in [6.45, 7) is -1.51. The van der Waals surface area contributed by atoms with Crippen LogP contribution in [0.15, 0.2) is 12.3 Å². The van der Waals surface area contributed by atoms with Crippen LogP contribution < -0.4 is 11.1 Å². The van der Waals surface area contributed by atoms with E-state index in [0.717, 1.165) is 0 Å². The molecule has 0 aromatic carbocycles. The largest absolute Gasteiger partial charge is 0.406 e. The lowest BCUT2D eigenvalue weighted by molar-refractivity contribution is -0.140. The number of halogens is 3. The molecule has 1 aromatic rings. The molecule has 0 bridgehead atoms. The highest BCUT2D eigenvalue weighted by Gasteiger charge is 2.35. The maximum Gasteiger partial charge on any atom is 0.406 e. The minimum Gasteiger partial charge on any atom is -0.398 e. The standard InChI is InChI=1S/C9H9F3N4O/c10-9(11,12)4-16-3-5-6(13)1-2-14-7(5)15-8(16)17/h1-2H,3-4H2,(H3,13,14,15,17). The van der Waals surface area contributed by atoms with Crippen LogP contribution in [0.1, 0.15) is 5.56 Å². The molecule has 0 radical (unpaired) electrons. The van der Waals surface area contributed by atoms with Gasteiger partial charge < -0.3 is 10.6 Å². The van der Waals surface area contributed by atoms with Gasteiger partial charge in [-0.25, -0.2) is 9.78 Å². The Balaban J connectivity index is 2.26. The van der Waals surface area contributed by atoms with Crippen LogP contribution in [0.4, 0.5) is 29.5 Å². The first-order valence-electron chi connectivity index (χ1n) is 4.73. The Morgan fingerprint density at radius 2 is 2.24 bits per heavy atom. The molecular formula is C9H9F3N4O. The summed E-state index contributed by atoms with van der Waals surface area (Å²) in [5.41, 5.74) is 6.32. The predicted molar refractivity (Wildman–Crippen MR) is 54.1 cm³/mol. The Morgan fingerprint density at radius 1 is 1.53 bits per heavy atom. The van der Waals surface area contributed by atoms with Crippen LogP contribution in [0.3, 0.4) is 0 Å². The lowest BCUT2D eigenvalue weighted by Crippen LogP contribution is -2.44. The van der Waals surface area contributed by atoms with E-state index in [0.29, 0.717) is 16.2 Å². The molecule has 0 atom stereocenters. The zero-order valence-corrected chi connectivity index (χ0v) is 8.58. The molecule has 2 rings (SSSR count). The molecule has 0 aliphatic carbocycles. The van der Waals surface area contributed by atoms with Gasteiger partial charge in [0, 0.05) is 17.4 Å². The number of anilines is 2. The maximum atomic E-state index is 12.2. The second-order valence-corrected chi connectivity index (χ2v) is 3.63. The quantitative estimate of drug-likeness (QED) is 0.790. The highest BCUT2D eigenvalue weighted by molar-refractivity contribution is 5.92. The molecule has 1 aliphatic heterocycles. The Labute approximate surface area is 94.4 Å². The van der Waals surface area contributed by atoms with Gasteiger partial charge in [-0.1, -0.05) is 0 Å². The fourth-order valence-corrected chi connectivity index (χ4v) is 1.57. The van der Waals surface area contributed by atoms with Crippen LogP contribution >= 0.6 is 0 Å². The van der Waals surface area contributed by atoms with Crippen molar-refractivity contribution in [3.8, 4) is 0 Å². The fraction of sp³-hybridized carbons (Fsp3) is 0.333. The van der Waals surface area contributed by atoms with Gasteiger partial charge in [-0.3, -0.25) is 5.32 Å². The summed E-state index contributed by atoms with van der Waals surface area (Å²) in [6, 6.07) is 0.648. The molecule has 0 saturated heterocycles. The smallest absolute Gasteiger partial charge is 0.398 e. The highest BCUT2D eigenvalue weighted by Crippen LogP contribution is 2.28. The van der Waals surface area contributed by atoms with Crippen molar-refractivity contribution in [1.29, 1.82) is 0 Å². The molecule has 1 aromatic heterocycles. The number of amides is 2. The van der Waals surface area contributed by atoms with Crippen LogP contribution in [-0.4, -0.2) is 28.6 Å². The van der Waals surface area contributed by atoms with E-state index >= 15 is 0 Å². The Hall–Kier alpha value is -1.99. The number of fused-ring (bicyclic) bond motifs is 1. The van der Waals surface area contributed by atoms with Crippen molar-refractivity contribution in [1.82, 2.24) is 9.88 Å². The van der Waals surface area contributed by atoms with E-state index in [2.05, 4.69) is 10.3 Å². The van der Waals surface area contributed by atoms with Gasteiger partial charge in [0.1, 0.15) is 12.4 Å². The van der Waals surface area contributed by atoms with Crippen LogP contribution in [0, 0.1) is 0 Å². The van der Waals surface area contributed by atoms with E-state index in [-0.39, 0.29) is 12.4 Å². The monoisotopic (exact) mass is 246 g/mol. The molecule has 3 N–H and O–H groups in total. The summed E-state index contributed by atoms with van der Waals surface area (Å²) in [5, 5.41) is 2.27. The first-order chi connectivity index (χ1) is 7.87. The molecule has 2 heterocycles. The van der Waals surface area contributed by atoms with Gasteiger partial charge in [-0.15, -0.1) is 0 Å². The minimum absolute atomic E-state index is 0.194. The lowest BCUT2D eigenvalue weighted by atomic mass is 10.1. The van der Waals surface area contributed by atoms with E-state index in [4.69, 9.17) is 5.73 Å². The van der Waals surface area contributed by atoms with Crippen molar-refractivity contribution in [3.63, 3.8) is 0 Å². The molecule has 2 amide bonds. The Morgan fingerprint density at radius 3 is 2.88 bits per heavy atom. The van der Waals surface area contributed by atoms with Gasteiger partial charge in [-0.2, -0.15) is 13.2 Å². The summed E-state index contributed by atoms with van der Waals surface area (Å²) in [4.78, 5) is 15.9. The number of alkyl halides is 3. The number of rotatable bonds is 1. The number of aromatic nitrogens is 1. The summed E-state index contributed by atoms with van der Waals surface area (Å²) in [7, 11) is 0. The number of hydrogen-bond donors (Lipinski definition) is 2. The van der Waals surface area contributed by atoms with Crippen LogP contribution in [-0.2, 0) is 6.54 Å². The molecule has 8 heteroatoms. The molecule has 1 aliphatic rings. The third-order valence-corrected chi connectivity index (χ3v) is 2.32. The number of nitrogens with one attached hydrogen (secondary N) is 1. The number of urea groups is 1. The molecule has 17 heavy (non-hydrogen) atoms. The topological polar surface area (TPSA) is 71.2 Å². The van der Waals surface area contributed by atoms with Crippen molar-refractivity contribution in [2.24, 2.45) is 0 Å². The van der Waals surface area contributed by atoms with Crippen molar-refractivity contribution in [2.75, 3.05) is 17.6 Å². The number of nitrogen functional groups attached to an aromatic ring is 1. The van der Waals surface area contributed by atoms with E-state index in [1.54, 1.807) is 0 Å². The van der Waals surface area contributed by atoms with E-state index in [9.17, 15) is 18.0 Å². The summed E-state index contributed by atoms with van der Waals surface area (Å²) >= 11 is 0. The molecule has 0 fully saturated rings. The molecule has 92 valence electrons. The predicted octanol–water partition coefficient (Wildman–Crippen LogP) is 1.57. The molecular weight excluding hydrogens is 237 g/mol. The van der Waals surface area contributed by atoms with Gasteiger partial charge in [0.2, 0.25) is 0 Å². The third-order valence-electron chi connectivity index (χ3n) is 2.32. The van der Waals surface area contributed by atoms with E-state index < -0.39 is 18.8 Å². The highest BCUT2D eigenvalue weighted by atomic mass is 19.4. The number of pyridine rings is 1. The first kappa shape index (κ1) is 11.5. The van der Waals surface area contributed by atoms with Crippen LogP contribution in [0.5, 0.6) is 0 Å². The van der Waals surface area contributed by atoms with Gasteiger partial charge in [0.15, 0.2) is 0 Å². The minimum atomic E-state index is -4.44. The molecule has 0 unspecified atom stereocenters. The third kappa shape index (κ3) is 2.40. The Bertz CT molecular complexity index is 460. The van der Waals surface area contributed by atoms with Crippen molar-refractivity contribution >= 4 is 17.5 Å². The SMILES string of the molecule is Nc1ccnc2c1CN(CC(F)(F)F)C(=O)N2. The number of hydrogen-bond acceptors (Lipinski definition) is 3. The number of carbonyl (C=O) groups is 1. The first-order valence-corrected chi connectivity index (χ1v) is 4.73. The zero-order valence-electron chi connectivity index (χ0n) is 8.58. The molecule has 0 saturated carbocycles. The second-order valence-electron chi connectivity index (χ2n) is 3.63. The lowest BCUT2D eigenvalue weighted by Gasteiger charge is -2.29. The van der Waals surface area contributed by atoms with Crippen molar-refractivity contribution in [2.45, 2.75) is 12.7 Å². The number of carbonyl (C=O) groups excluding carboxylic acids is 1. The van der Waals surface area contributed by atoms with Crippen molar-refractivity contribution in [3.05, 3.63) is 17.8 Å². The average Bonchev–Trinajstić information content (AvgIpc) is 2.18. The van der Waals surface area contributed by atoms with Gasteiger partial charge >= 0.3 is 12.2 Å². The number of nitrogens with two attached hydrogens (primary N) is 1. The van der Waals surface area contributed by atoms with E-state index in [1.807, 2.05) is 0 Å². The summed E-state index contributed by atoms with van der Waals surface area (Å²) < 4.78 is 36.7. The normalized spacial score (nSPS) is 15.5. The zero-order chi connectivity index (χ0) is 12.6. The Kier molecular flexibility index (Phi) is 2.56. The number of nitrogens with zero attached hydrogens (tertiary/aromatic N) is 2. The fourth-order valence-electron chi connectivity index (χ4n) is 1.57. The van der Waals surface area contributed by atoms with Gasteiger partial charge in [0.05, 0.1) is 6.54 Å². The summed E-state index contributed by atoms with van der Waals surface area (Å²) in [6.07, 6.45) is -3.06. The van der Waals surface area contributed by atoms with Crippen molar-refractivity contribution < 1.29 is 18.0 Å². The summed E-state index contributed by atoms with van der Waals surface area (Å²) in [5.74, 6) is 0.216. The van der Waals surface area contributed by atoms with Gasteiger partial charge in [0.25, 0.3) is 0 Å². The van der Waals surface area contributed by atoms with Crippen LogP contribution in [0.2, 0.25) is 0 Å². The second kappa shape index (κ2) is 3.79. The molecule has 5 nitrogen and oxygen atoms in total. The molecule has 0 spiro atoms. The van der Waals surface area contributed by atoms with E-state index in [1.165, 1.54) is 12.3 Å². The van der Waals surface area contributed by atoms with Gasteiger partial charge in [-0.05, 0) is 6.07 Å². The maximum absolute atomic E-state index is 12.2. The van der Waals surface area contributed by atoms with Crippen LogP contribution in [0.25, 0.3) is 0 Å². The average molecular weight is 246 g/mol.